The summed E-state index contributed by atoms with van der Waals surface area (Å²) in [7, 11) is 0. The van der Waals surface area contributed by atoms with Gasteiger partial charge in [0.1, 0.15) is 24.1 Å². The van der Waals surface area contributed by atoms with Gasteiger partial charge in [-0.25, -0.2) is 9.36 Å². The van der Waals surface area contributed by atoms with Crippen LogP contribution in [0.15, 0.2) is 15.7 Å². The molecule has 1 aromatic rings. The summed E-state index contributed by atoms with van der Waals surface area (Å²) in [6.07, 6.45) is -1.41. The van der Waals surface area contributed by atoms with Crippen LogP contribution in [0.3, 0.4) is 0 Å². The zero-order valence-electron chi connectivity index (χ0n) is 11.1. The first-order chi connectivity index (χ1) is 9.44. The molecule has 4 unspecified atom stereocenters. The van der Waals surface area contributed by atoms with E-state index in [9.17, 15) is 9.59 Å². The third kappa shape index (κ3) is 1.58. The second-order valence-corrected chi connectivity index (χ2v) is 5.70. The minimum Gasteiger partial charge on any atom is -0.368 e. The number of rotatable bonds is 0. The highest BCUT2D eigenvalue weighted by molar-refractivity contribution is 5.36. The summed E-state index contributed by atoms with van der Waals surface area (Å²) in [5.41, 5.74) is -0.952. The summed E-state index contributed by atoms with van der Waals surface area (Å²) in [4.78, 5) is 25.7. The van der Waals surface area contributed by atoms with Gasteiger partial charge >= 0.3 is 5.69 Å². The van der Waals surface area contributed by atoms with Crippen molar-refractivity contribution in [3.63, 3.8) is 0 Å². The van der Waals surface area contributed by atoms with E-state index in [0.29, 0.717) is 12.4 Å². The molecule has 0 radical (unpaired) electrons. The molecule has 1 aromatic heterocycles. The maximum Gasteiger partial charge on any atom is 0.332 e. The number of nitrogens with one attached hydrogen (secondary N) is 2. The normalized spacial score (nSPS) is 36.9. The number of nitrogens with zero attached hydrogens (tertiary/aromatic N) is 1. The predicted molar refractivity (Wildman–Crippen MR) is 67.5 cm³/mol. The standard InChI is InChI=1S/C12H15N3O5/c1-12(2)19-8-5-4-13-6-3-7(16)14-11(17)15(6)10(18-5)9(8)20-12/h3,5,8-10,13H,4H2,1-2H3,(H,14,16,17). The van der Waals surface area contributed by atoms with Gasteiger partial charge in [0.05, 0.1) is 0 Å². The molecule has 2 N–H and O–H groups in total. The van der Waals surface area contributed by atoms with Crippen LogP contribution in [0.1, 0.15) is 20.1 Å². The Balaban J connectivity index is 1.85. The first-order valence-corrected chi connectivity index (χ1v) is 6.55. The lowest BCUT2D eigenvalue weighted by atomic mass is 10.1. The van der Waals surface area contributed by atoms with Crippen molar-refractivity contribution in [2.45, 2.75) is 44.2 Å². The summed E-state index contributed by atoms with van der Waals surface area (Å²) in [5.74, 6) is -0.260. The lowest BCUT2D eigenvalue weighted by Gasteiger charge is -2.23. The number of H-pyrrole nitrogens is 1. The highest BCUT2D eigenvalue weighted by Gasteiger charge is 2.57. The van der Waals surface area contributed by atoms with E-state index in [1.54, 1.807) is 0 Å². The molecule has 4 rings (SSSR count). The molecular formula is C12H15N3O5. The Hall–Kier alpha value is -1.64. The smallest absolute Gasteiger partial charge is 0.332 e. The molecule has 0 spiro atoms. The maximum absolute atomic E-state index is 12.1. The SMILES string of the molecule is CC1(C)OC2C3CNc4cc(=O)[nH]c(=O)n4C(O3)C2O1. The molecule has 0 amide bonds. The van der Waals surface area contributed by atoms with Gasteiger partial charge in [0.25, 0.3) is 5.56 Å². The van der Waals surface area contributed by atoms with Gasteiger partial charge in [0.2, 0.25) is 0 Å². The van der Waals surface area contributed by atoms with Gasteiger partial charge in [-0.05, 0) is 13.8 Å². The highest BCUT2D eigenvalue weighted by Crippen LogP contribution is 2.44. The van der Waals surface area contributed by atoms with E-state index in [0.717, 1.165) is 0 Å². The Morgan fingerprint density at radius 1 is 1.30 bits per heavy atom. The molecule has 8 nitrogen and oxygen atoms in total. The van der Waals surface area contributed by atoms with Crippen molar-refractivity contribution in [3.05, 3.63) is 26.9 Å². The van der Waals surface area contributed by atoms with Crippen LogP contribution in [0, 0.1) is 0 Å². The van der Waals surface area contributed by atoms with E-state index >= 15 is 0 Å². The van der Waals surface area contributed by atoms with Crippen LogP contribution in [0.5, 0.6) is 0 Å². The molecule has 2 bridgehead atoms. The number of hydrogen-bond acceptors (Lipinski definition) is 6. The Morgan fingerprint density at radius 3 is 2.85 bits per heavy atom. The van der Waals surface area contributed by atoms with Gasteiger partial charge in [0.15, 0.2) is 12.0 Å². The Bertz CT molecular complexity index is 678. The van der Waals surface area contributed by atoms with Crippen LogP contribution >= 0.6 is 0 Å². The molecule has 0 aromatic carbocycles. The molecular weight excluding hydrogens is 266 g/mol. The number of hydrogen-bond donors (Lipinski definition) is 2. The van der Waals surface area contributed by atoms with Crippen molar-refractivity contribution in [2.75, 3.05) is 11.9 Å². The van der Waals surface area contributed by atoms with Gasteiger partial charge in [-0.1, -0.05) is 0 Å². The van der Waals surface area contributed by atoms with Crippen LogP contribution in [-0.4, -0.2) is 40.2 Å². The second kappa shape index (κ2) is 3.72. The van der Waals surface area contributed by atoms with Gasteiger partial charge < -0.3 is 19.5 Å². The van der Waals surface area contributed by atoms with Crippen LogP contribution in [0.4, 0.5) is 5.82 Å². The first kappa shape index (κ1) is 12.1. The Kier molecular flexibility index (Phi) is 2.25. The Labute approximate surface area is 113 Å². The van der Waals surface area contributed by atoms with Crippen molar-refractivity contribution in [3.8, 4) is 0 Å². The molecule has 2 fully saturated rings. The zero-order chi connectivity index (χ0) is 14.1. The quantitative estimate of drug-likeness (QED) is 0.658. The lowest BCUT2D eigenvalue weighted by molar-refractivity contribution is -0.194. The number of ether oxygens (including phenoxy) is 3. The second-order valence-electron chi connectivity index (χ2n) is 5.70. The monoisotopic (exact) mass is 281 g/mol. The fourth-order valence-electron chi connectivity index (χ4n) is 3.13. The molecule has 2 saturated heterocycles. The first-order valence-electron chi connectivity index (χ1n) is 6.55. The molecule has 108 valence electrons. The van der Waals surface area contributed by atoms with Gasteiger partial charge in [-0.2, -0.15) is 0 Å². The number of anilines is 1. The van der Waals surface area contributed by atoms with Crippen molar-refractivity contribution < 1.29 is 14.2 Å². The fraction of sp³-hybridized carbons (Fsp3) is 0.667. The van der Waals surface area contributed by atoms with Crippen molar-refractivity contribution in [1.82, 2.24) is 9.55 Å². The highest BCUT2D eigenvalue weighted by atomic mass is 16.8. The van der Waals surface area contributed by atoms with Crippen LogP contribution in [-0.2, 0) is 14.2 Å². The van der Waals surface area contributed by atoms with E-state index in [1.165, 1.54) is 10.6 Å². The van der Waals surface area contributed by atoms with E-state index in [2.05, 4.69) is 10.3 Å². The summed E-state index contributed by atoms with van der Waals surface area (Å²) >= 11 is 0. The minimum atomic E-state index is -0.702. The third-order valence-electron chi connectivity index (χ3n) is 3.84. The molecule has 0 aliphatic carbocycles. The molecule has 3 aliphatic heterocycles. The summed E-state index contributed by atoms with van der Waals surface area (Å²) < 4.78 is 18.9. The lowest BCUT2D eigenvalue weighted by Crippen LogP contribution is -2.40. The van der Waals surface area contributed by atoms with Gasteiger partial charge in [-0.3, -0.25) is 9.78 Å². The average Bonchev–Trinajstić information content (AvgIpc) is 2.72. The van der Waals surface area contributed by atoms with Crippen molar-refractivity contribution in [2.24, 2.45) is 0 Å². The zero-order valence-corrected chi connectivity index (χ0v) is 11.1. The fourth-order valence-corrected chi connectivity index (χ4v) is 3.13. The van der Waals surface area contributed by atoms with Crippen LogP contribution < -0.4 is 16.6 Å². The number of fused-ring (bicyclic) bond motifs is 7. The van der Waals surface area contributed by atoms with Crippen molar-refractivity contribution in [1.29, 1.82) is 0 Å². The largest absolute Gasteiger partial charge is 0.368 e. The van der Waals surface area contributed by atoms with E-state index < -0.39 is 23.3 Å². The van der Waals surface area contributed by atoms with Gasteiger partial charge in [0, 0.05) is 12.6 Å². The molecule has 4 atom stereocenters. The topological polar surface area (TPSA) is 94.6 Å². The van der Waals surface area contributed by atoms with Gasteiger partial charge in [-0.15, -0.1) is 0 Å². The number of aromatic nitrogens is 2. The molecule has 0 saturated carbocycles. The average molecular weight is 281 g/mol. The molecule has 20 heavy (non-hydrogen) atoms. The summed E-state index contributed by atoms with van der Waals surface area (Å²) in [6.45, 7) is 4.13. The molecule has 3 aliphatic rings. The van der Waals surface area contributed by atoms with E-state index in [1.807, 2.05) is 13.8 Å². The van der Waals surface area contributed by atoms with Crippen LogP contribution in [0.25, 0.3) is 0 Å². The Morgan fingerprint density at radius 2 is 2.05 bits per heavy atom. The summed E-state index contributed by atoms with van der Waals surface area (Å²) in [6, 6.07) is 1.35. The number of aromatic amines is 1. The predicted octanol–water partition coefficient (Wildman–Crippen LogP) is -0.620. The molecule has 4 heterocycles. The van der Waals surface area contributed by atoms with Crippen molar-refractivity contribution >= 4 is 5.82 Å². The van der Waals surface area contributed by atoms with Crippen LogP contribution in [0.2, 0.25) is 0 Å². The summed E-state index contributed by atoms with van der Waals surface area (Å²) in [5, 5.41) is 3.06. The molecule has 8 heteroatoms. The maximum atomic E-state index is 12.1. The third-order valence-corrected chi connectivity index (χ3v) is 3.84. The van der Waals surface area contributed by atoms with E-state index in [4.69, 9.17) is 14.2 Å². The van der Waals surface area contributed by atoms with E-state index in [-0.39, 0.29) is 18.3 Å². The minimum absolute atomic E-state index is 0.221.